The third kappa shape index (κ3) is 4.93. The summed E-state index contributed by atoms with van der Waals surface area (Å²) in [5.41, 5.74) is 9.46. The molecule has 0 bridgehead atoms. The van der Waals surface area contributed by atoms with Crippen molar-refractivity contribution < 1.29 is 0 Å². The lowest BCUT2D eigenvalue weighted by molar-refractivity contribution is 0.166. The quantitative estimate of drug-likeness (QED) is 0.406. The number of allylic oxidation sites excluding steroid dienone is 1. The molecule has 1 atom stereocenters. The van der Waals surface area contributed by atoms with Crippen LogP contribution in [-0.4, -0.2) is 0 Å². The highest BCUT2D eigenvalue weighted by molar-refractivity contribution is 5.70. The van der Waals surface area contributed by atoms with Crippen LogP contribution in [-0.2, 0) is 18.3 Å². The van der Waals surface area contributed by atoms with E-state index in [2.05, 4.69) is 126 Å². The average molecular weight is 438 g/mol. The molecule has 0 saturated heterocycles. The van der Waals surface area contributed by atoms with Crippen molar-refractivity contribution in [3.8, 4) is 0 Å². The molecule has 33 heavy (non-hydrogen) atoms. The van der Waals surface area contributed by atoms with Crippen LogP contribution in [0.4, 0.5) is 11.4 Å². The summed E-state index contributed by atoms with van der Waals surface area (Å²) in [6.45, 7) is 18.5. The highest BCUT2D eigenvalue weighted by Crippen LogP contribution is 2.42. The Hall–Kier alpha value is -2.80. The van der Waals surface area contributed by atoms with Gasteiger partial charge in [0.05, 0.1) is 0 Å². The smallest absolute Gasteiger partial charge is 0.0384 e. The summed E-state index contributed by atoms with van der Waals surface area (Å²) < 4.78 is 0. The third-order valence-electron chi connectivity index (χ3n) is 8.10. The average Bonchev–Trinajstić information content (AvgIpc) is 3.23. The van der Waals surface area contributed by atoms with Gasteiger partial charge in [0, 0.05) is 11.4 Å². The largest absolute Gasteiger partial charge is 0.356 e. The Labute approximate surface area is 201 Å². The lowest BCUT2D eigenvalue weighted by Gasteiger charge is -2.41. The topological polar surface area (TPSA) is 12.0 Å². The molecule has 0 aliphatic heterocycles. The van der Waals surface area contributed by atoms with E-state index in [1.807, 2.05) is 0 Å². The third-order valence-corrected chi connectivity index (χ3v) is 8.10. The fourth-order valence-electron chi connectivity index (χ4n) is 5.29. The zero-order valence-corrected chi connectivity index (χ0v) is 21.2. The highest BCUT2D eigenvalue weighted by Gasteiger charge is 2.35. The van der Waals surface area contributed by atoms with E-state index < -0.39 is 0 Å². The number of hydrogen-bond donors (Lipinski definition) is 1. The van der Waals surface area contributed by atoms with E-state index in [1.165, 1.54) is 27.8 Å². The van der Waals surface area contributed by atoms with Gasteiger partial charge in [0.25, 0.3) is 0 Å². The Morgan fingerprint density at radius 2 is 1.27 bits per heavy atom. The van der Waals surface area contributed by atoms with Crippen molar-refractivity contribution in [2.45, 2.75) is 59.8 Å². The number of rotatable bonds is 6. The first-order chi connectivity index (χ1) is 15.6. The van der Waals surface area contributed by atoms with Crippen LogP contribution >= 0.6 is 0 Å². The minimum Gasteiger partial charge on any atom is -0.356 e. The lowest BCUT2D eigenvalue weighted by atomic mass is 9.64. The van der Waals surface area contributed by atoms with Crippen LogP contribution < -0.4 is 5.32 Å². The van der Waals surface area contributed by atoms with E-state index in [4.69, 9.17) is 0 Å². The van der Waals surface area contributed by atoms with Crippen LogP contribution in [0.3, 0.4) is 0 Å². The molecule has 172 valence electrons. The van der Waals surface area contributed by atoms with Crippen molar-refractivity contribution in [3.05, 3.63) is 102 Å². The van der Waals surface area contributed by atoms with Gasteiger partial charge in [-0.25, -0.2) is 0 Å². The van der Waals surface area contributed by atoms with Gasteiger partial charge in [-0.2, -0.15) is 0 Å². The summed E-state index contributed by atoms with van der Waals surface area (Å²) in [7, 11) is 0. The Morgan fingerprint density at radius 1 is 0.788 bits per heavy atom. The van der Waals surface area contributed by atoms with Crippen LogP contribution in [0, 0.1) is 17.3 Å². The van der Waals surface area contributed by atoms with Gasteiger partial charge >= 0.3 is 0 Å². The standard InChI is InChI=1S/C32H39N/c1-22(27-20-25-10-8-9-11-26(25)21-27)24-12-16-29(17-13-24)33-30-18-14-28(15-19-30)32(6,7)23(2)31(3,4)5/h8-19,23,27,33H,1,20-21H2,2-7H3. The first-order valence-corrected chi connectivity index (χ1v) is 12.3. The molecule has 1 aliphatic rings. The molecule has 0 heterocycles. The Balaban J connectivity index is 1.41. The molecule has 1 nitrogen and oxygen atoms in total. The Morgan fingerprint density at radius 3 is 1.76 bits per heavy atom. The van der Waals surface area contributed by atoms with E-state index in [9.17, 15) is 0 Å². The molecule has 0 saturated carbocycles. The maximum atomic E-state index is 4.45. The van der Waals surface area contributed by atoms with Gasteiger partial charge in [0.15, 0.2) is 0 Å². The Kier molecular flexibility index (Phi) is 6.27. The molecule has 3 aromatic rings. The van der Waals surface area contributed by atoms with Crippen LogP contribution in [0.25, 0.3) is 5.57 Å². The maximum Gasteiger partial charge on any atom is 0.0384 e. The van der Waals surface area contributed by atoms with Gasteiger partial charge in [-0.15, -0.1) is 0 Å². The van der Waals surface area contributed by atoms with Crippen LogP contribution in [0.5, 0.6) is 0 Å². The van der Waals surface area contributed by atoms with Gasteiger partial charge in [-0.05, 0) is 87.6 Å². The molecule has 3 aromatic carbocycles. The second-order valence-corrected chi connectivity index (χ2v) is 11.5. The fraction of sp³-hybridized carbons (Fsp3) is 0.375. The minimum absolute atomic E-state index is 0.124. The van der Waals surface area contributed by atoms with Crippen molar-refractivity contribution in [1.82, 2.24) is 0 Å². The lowest BCUT2D eigenvalue weighted by Crippen LogP contribution is -2.35. The van der Waals surface area contributed by atoms with E-state index in [0.29, 0.717) is 11.8 Å². The Bertz CT molecular complexity index is 1090. The molecule has 0 amide bonds. The normalized spacial score (nSPS) is 15.2. The van der Waals surface area contributed by atoms with Gasteiger partial charge in [0.2, 0.25) is 0 Å². The molecule has 0 spiro atoms. The molecule has 1 N–H and O–H groups in total. The van der Waals surface area contributed by atoms with Crippen molar-refractivity contribution in [2.75, 3.05) is 5.32 Å². The number of benzene rings is 3. The van der Waals surface area contributed by atoms with Crippen LogP contribution in [0.1, 0.15) is 63.8 Å². The second kappa shape index (κ2) is 8.86. The molecule has 1 unspecified atom stereocenters. The molecule has 1 heteroatoms. The highest BCUT2D eigenvalue weighted by atomic mass is 14.9. The van der Waals surface area contributed by atoms with Crippen molar-refractivity contribution in [1.29, 1.82) is 0 Å². The van der Waals surface area contributed by atoms with Crippen molar-refractivity contribution in [3.63, 3.8) is 0 Å². The monoisotopic (exact) mass is 437 g/mol. The van der Waals surface area contributed by atoms with E-state index in [-0.39, 0.29) is 10.8 Å². The summed E-state index contributed by atoms with van der Waals surface area (Å²) in [5.74, 6) is 1.07. The fourth-order valence-corrected chi connectivity index (χ4v) is 5.29. The van der Waals surface area contributed by atoms with Crippen molar-refractivity contribution in [2.24, 2.45) is 17.3 Å². The summed E-state index contributed by atoms with van der Waals surface area (Å²) in [4.78, 5) is 0. The van der Waals surface area contributed by atoms with Gasteiger partial charge < -0.3 is 5.32 Å². The first-order valence-electron chi connectivity index (χ1n) is 12.3. The van der Waals surface area contributed by atoms with Crippen molar-refractivity contribution >= 4 is 16.9 Å². The van der Waals surface area contributed by atoms with Crippen LogP contribution in [0.15, 0.2) is 79.4 Å². The SMILES string of the molecule is C=C(c1ccc(Nc2ccc(C(C)(C)C(C)C(C)(C)C)cc2)cc1)C1Cc2ccccc2C1. The molecule has 0 aromatic heterocycles. The minimum atomic E-state index is 0.124. The predicted octanol–water partition coefficient (Wildman–Crippen LogP) is 8.82. The van der Waals surface area contributed by atoms with Gasteiger partial charge in [-0.3, -0.25) is 0 Å². The molecular formula is C32H39N. The van der Waals surface area contributed by atoms with Gasteiger partial charge in [-0.1, -0.05) is 96.7 Å². The number of anilines is 2. The van der Waals surface area contributed by atoms with Gasteiger partial charge in [0.1, 0.15) is 0 Å². The molecule has 0 fully saturated rings. The van der Waals surface area contributed by atoms with E-state index in [0.717, 1.165) is 24.2 Å². The summed E-state index contributed by atoms with van der Waals surface area (Å²) >= 11 is 0. The second-order valence-electron chi connectivity index (χ2n) is 11.5. The number of nitrogens with one attached hydrogen (secondary N) is 1. The zero-order valence-electron chi connectivity index (χ0n) is 21.2. The van der Waals surface area contributed by atoms with Crippen LogP contribution in [0.2, 0.25) is 0 Å². The molecule has 4 rings (SSSR count). The summed E-state index contributed by atoms with van der Waals surface area (Å²) in [5, 5.41) is 3.56. The maximum absolute atomic E-state index is 4.45. The molecule has 0 radical (unpaired) electrons. The number of hydrogen-bond acceptors (Lipinski definition) is 1. The molecule has 1 aliphatic carbocycles. The van der Waals surface area contributed by atoms with E-state index in [1.54, 1.807) is 0 Å². The zero-order chi connectivity index (χ0) is 23.8. The predicted molar refractivity (Wildman–Crippen MR) is 144 cm³/mol. The van der Waals surface area contributed by atoms with E-state index >= 15 is 0 Å². The number of fused-ring (bicyclic) bond motifs is 1. The summed E-state index contributed by atoms with van der Waals surface area (Å²) in [6.07, 6.45) is 2.21. The first kappa shape index (κ1) is 23.4. The molecular weight excluding hydrogens is 398 g/mol. The summed E-state index contributed by atoms with van der Waals surface area (Å²) in [6, 6.07) is 26.5.